The summed E-state index contributed by atoms with van der Waals surface area (Å²) in [5.41, 5.74) is 5.79. The zero-order chi connectivity index (χ0) is 7.68. The van der Waals surface area contributed by atoms with Crippen LogP contribution in [-0.4, -0.2) is 15.8 Å². The topological polar surface area (TPSA) is 43.8 Å². The third-order valence-electron chi connectivity index (χ3n) is 2.34. The second kappa shape index (κ2) is 2.66. The molecule has 1 aliphatic carbocycles. The molecule has 2 N–H and O–H groups in total. The van der Waals surface area contributed by atoms with E-state index in [1.54, 1.807) is 0 Å². The molecule has 1 saturated carbocycles. The van der Waals surface area contributed by atoms with Gasteiger partial charge in [0, 0.05) is 18.4 Å². The first-order valence-electron chi connectivity index (χ1n) is 4.11. The van der Waals surface area contributed by atoms with Crippen LogP contribution in [-0.2, 0) is 0 Å². The molecule has 0 saturated heterocycles. The van der Waals surface area contributed by atoms with Crippen LogP contribution in [0.3, 0.4) is 0 Å². The molecule has 1 aromatic rings. The van der Waals surface area contributed by atoms with E-state index < -0.39 is 0 Å². The van der Waals surface area contributed by atoms with Gasteiger partial charge in [0.25, 0.3) is 0 Å². The molecule has 0 unspecified atom stereocenters. The Morgan fingerprint density at radius 3 is 2.91 bits per heavy atom. The SMILES string of the molecule is N[C@H]1CC[C@H](n2cccn2)C1. The summed E-state index contributed by atoms with van der Waals surface area (Å²) in [6, 6.07) is 2.91. The predicted octanol–water partition coefficient (Wildman–Crippen LogP) is 0.935. The monoisotopic (exact) mass is 151 g/mol. The van der Waals surface area contributed by atoms with Gasteiger partial charge in [-0.3, -0.25) is 4.68 Å². The van der Waals surface area contributed by atoms with Crippen LogP contribution in [0.2, 0.25) is 0 Å². The molecule has 2 rings (SSSR count). The molecule has 1 fully saturated rings. The van der Waals surface area contributed by atoms with Crippen molar-refractivity contribution in [1.82, 2.24) is 9.78 Å². The fourth-order valence-electron chi connectivity index (χ4n) is 1.73. The lowest BCUT2D eigenvalue weighted by Crippen LogP contribution is -2.16. The van der Waals surface area contributed by atoms with Crippen LogP contribution in [0.15, 0.2) is 18.5 Å². The zero-order valence-electron chi connectivity index (χ0n) is 6.48. The van der Waals surface area contributed by atoms with Gasteiger partial charge in [-0.25, -0.2) is 0 Å². The highest BCUT2D eigenvalue weighted by Gasteiger charge is 2.22. The molecule has 1 heterocycles. The fraction of sp³-hybridized carbons (Fsp3) is 0.625. The van der Waals surface area contributed by atoms with E-state index in [0.717, 1.165) is 12.8 Å². The molecule has 0 bridgehead atoms. The highest BCUT2D eigenvalue weighted by molar-refractivity contribution is 4.87. The number of aromatic nitrogens is 2. The number of hydrogen-bond donors (Lipinski definition) is 1. The summed E-state index contributed by atoms with van der Waals surface area (Å²) in [7, 11) is 0. The number of nitrogens with zero attached hydrogens (tertiary/aromatic N) is 2. The van der Waals surface area contributed by atoms with Crippen LogP contribution >= 0.6 is 0 Å². The Hall–Kier alpha value is -0.830. The van der Waals surface area contributed by atoms with E-state index >= 15 is 0 Å². The molecule has 0 spiro atoms. The van der Waals surface area contributed by atoms with Crippen LogP contribution in [0.25, 0.3) is 0 Å². The van der Waals surface area contributed by atoms with E-state index in [9.17, 15) is 0 Å². The van der Waals surface area contributed by atoms with Gasteiger partial charge in [0.2, 0.25) is 0 Å². The maximum atomic E-state index is 5.79. The van der Waals surface area contributed by atoms with Crippen molar-refractivity contribution < 1.29 is 0 Å². The van der Waals surface area contributed by atoms with Crippen molar-refractivity contribution in [2.45, 2.75) is 31.3 Å². The largest absolute Gasteiger partial charge is 0.328 e. The summed E-state index contributed by atoms with van der Waals surface area (Å²) in [4.78, 5) is 0. The van der Waals surface area contributed by atoms with Gasteiger partial charge in [-0.05, 0) is 25.3 Å². The summed E-state index contributed by atoms with van der Waals surface area (Å²) in [5, 5.41) is 4.19. The highest BCUT2D eigenvalue weighted by Crippen LogP contribution is 2.27. The molecule has 11 heavy (non-hydrogen) atoms. The second-order valence-electron chi connectivity index (χ2n) is 3.21. The molecular formula is C8H13N3. The molecule has 1 aliphatic rings. The summed E-state index contributed by atoms with van der Waals surface area (Å²) < 4.78 is 2.02. The van der Waals surface area contributed by atoms with E-state index in [2.05, 4.69) is 5.10 Å². The van der Waals surface area contributed by atoms with Gasteiger partial charge in [-0.1, -0.05) is 0 Å². The average molecular weight is 151 g/mol. The van der Waals surface area contributed by atoms with Crippen molar-refractivity contribution in [1.29, 1.82) is 0 Å². The van der Waals surface area contributed by atoms with Crippen LogP contribution < -0.4 is 5.73 Å². The average Bonchev–Trinajstić information content (AvgIpc) is 2.55. The van der Waals surface area contributed by atoms with Crippen molar-refractivity contribution in [3.05, 3.63) is 18.5 Å². The predicted molar refractivity (Wildman–Crippen MR) is 43.1 cm³/mol. The highest BCUT2D eigenvalue weighted by atomic mass is 15.3. The second-order valence-corrected chi connectivity index (χ2v) is 3.21. The van der Waals surface area contributed by atoms with Crippen LogP contribution in [0.4, 0.5) is 0 Å². The maximum Gasteiger partial charge on any atom is 0.0534 e. The van der Waals surface area contributed by atoms with Crippen molar-refractivity contribution in [2.75, 3.05) is 0 Å². The smallest absolute Gasteiger partial charge is 0.0534 e. The Morgan fingerprint density at radius 1 is 1.45 bits per heavy atom. The lowest BCUT2D eigenvalue weighted by molar-refractivity contribution is 0.460. The Kier molecular flexibility index (Phi) is 1.66. The van der Waals surface area contributed by atoms with Gasteiger partial charge in [-0.2, -0.15) is 5.10 Å². The van der Waals surface area contributed by atoms with Crippen molar-refractivity contribution in [3.8, 4) is 0 Å². The first-order chi connectivity index (χ1) is 5.36. The minimum Gasteiger partial charge on any atom is -0.328 e. The van der Waals surface area contributed by atoms with Gasteiger partial charge in [0.15, 0.2) is 0 Å². The lowest BCUT2D eigenvalue weighted by atomic mass is 10.2. The van der Waals surface area contributed by atoms with Gasteiger partial charge in [0.1, 0.15) is 0 Å². The minimum absolute atomic E-state index is 0.393. The molecule has 1 aromatic heterocycles. The van der Waals surface area contributed by atoms with E-state index in [-0.39, 0.29) is 0 Å². The van der Waals surface area contributed by atoms with Gasteiger partial charge in [-0.15, -0.1) is 0 Å². The van der Waals surface area contributed by atoms with Gasteiger partial charge < -0.3 is 5.73 Å². The molecule has 2 atom stereocenters. The van der Waals surface area contributed by atoms with Crippen molar-refractivity contribution in [2.24, 2.45) is 5.73 Å². The van der Waals surface area contributed by atoms with Crippen LogP contribution in [0.5, 0.6) is 0 Å². The first kappa shape index (κ1) is 6.85. The Balaban J connectivity index is 2.08. The maximum absolute atomic E-state index is 5.79. The standard InChI is InChI=1S/C8H13N3/c9-7-2-3-8(6-7)11-5-1-4-10-11/h1,4-5,7-8H,2-3,6,9H2/t7-,8-/m0/s1. The van der Waals surface area contributed by atoms with E-state index in [4.69, 9.17) is 5.73 Å². The van der Waals surface area contributed by atoms with Crippen molar-refractivity contribution in [3.63, 3.8) is 0 Å². The first-order valence-corrected chi connectivity index (χ1v) is 4.11. The third-order valence-corrected chi connectivity index (χ3v) is 2.34. The summed E-state index contributed by atoms with van der Waals surface area (Å²) >= 11 is 0. The van der Waals surface area contributed by atoms with Crippen LogP contribution in [0, 0.1) is 0 Å². The molecule has 3 nitrogen and oxygen atoms in total. The molecule has 60 valence electrons. The molecule has 0 radical (unpaired) electrons. The minimum atomic E-state index is 0.393. The third kappa shape index (κ3) is 1.28. The van der Waals surface area contributed by atoms with Crippen LogP contribution in [0.1, 0.15) is 25.3 Å². The molecule has 0 aliphatic heterocycles. The fourth-order valence-corrected chi connectivity index (χ4v) is 1.73. The lowest BCUT2D eigenvalue weighted by Gasteiger charge is -2.08. The quantitative estimate of drug-likeness (QED) is 0.649. The number of rotatable bonds is 1. The molecule has 0 aromatic carbocycles. The zero-order valence-corrected chi connectivity index (χ0v) is 6.48. The molecular weight excluding hydrogens is 138 g/mol. The van der Waals surface area contributed by atoms with Gasteiger partial charge >= 0.3 is 0 Å². The molecule has 3 heteroatoms. The summed E-state index contributed by atoms with van der Waals surface area (Å²) in [6.07, 6.45) is 7.25. The van der Waals surface area contributed by atoms with E-state index in [1.165, 1.54) is 6.42 Å². The Labute approximate surface area is 66.2 Å². The van der Waals surface area contributed by atoms with E-state index in [0.29, 0.717) is 12.1 Å². The number of nitrogens with two attached hydrogens (primary N) is 1. The van der Waals surface area contributed by atoms with Crippen molar-refractivity contribution >= 4 is 0 Å². The number of hydrogen-bond acceptors (Lipinski definition) is 2. The van der Waals surface area contributed by atoms with Gasteiger partial charge in [0.05, 0.1) is 6.04 Å². The molecule has 0 amide bonds. The van der Waals surface area contributed by atoms with E-state index in [1.807, 2.05) is 23.1 Å². The Bertz CT molecular complexity index is 217. The Morgan fingerprint density at radius 2 is 2.36 bits per heavy atom. The summed E-state index contributed by atoms with van der Waals surface area (Å²) in [5.74, 6) is 0. The normalized spacial score (nSPS) is 31.0. The summed E-state index contributed by atoms with van der Waals surface area (Å²) in [6.45, 7) is 0.